The fourth-order valence-corrected chi connectivity index (χ4v) is 14.6. The van der Waals surface area contributed by atoms with Gasteiger partial charge in [-0.1, -0.05) is 34.6 Å². The van der Waals surface area contributed by atoms with Crippen molar-refractivity contribution in [1.29, 1.82) is 0 Å². The maximum atomic E-state index is 12.9. The van der Waals surface area contributed by atoms with Crippen molar-refractivity contribution in [3.05, 3.63) is 0 Å². The number of rotatable bonds is 3. The van der Waals surface area contributed by atoms with Crippen LogP contribution in [0.2, 0.25) is 0 Å². The zero-order chi connectivity index (χ0) is 34.2. The smallest absolute Gasteiger partial charge is 0.302 e. The van der Waals surface area contributed by atoms with E-state index >= 15 is 0 Å². The molecular weight excluding hydrogens is 620 g/mol. The molecule has 5 saturated carbocycles. The van der Waals surface area contributed by atoms with E-state index in [1.165, 1.54) is 0 Å². The van der Waals surface area contributed by atoms with E-state index in [9.17, 15) is 25.2 Å². The zero-order valence-corrected chi connectivity index (χ0v) is 29.5. The van der Waals surface area contributed by atoms with Crippen LogP contribution in [0.3, 0.4) is 0 Å². The molecule has 48 heavy (non-hydrogen) atoms. The van der Waals surface area contributed by atoms with Crippen LogP contribution >= 0.6 is 0 Å². The van der Waals surface area contributed by atoms with Gasteiger partial charge in [-0.05, 0) is 97.2 Å². The van der Waals surface area contributed by atoms with Crippen molar-refractivity contribution < 1.29 is 53.6 Å². The van der Waals surface area contributed by atoms with Crippen LogP contribution in [0.15, 0.2) is 0 Å². The highest BCUT2D eigenvalue weighted by Gasteiger charge is 2.87. The first-order valence-corrected chi connectivity index (χ1v) is 18.6. The summed E-state index contributed by atoms with van der Waals surface area (Å²) in [4.78, 5) is 12.9. The lowest BCUT2D eigenvalue weighted by Crippen LogP contribution is -2.64. The molecule has 4 aliphatic heterocycles. The maximum absolute atomic E-state index is 12.9. The molecule has 9 fully saturated rings. The number of hydrogen-bond acceptors (Lipinski definition) is 11. The topological polar surface area (TPSA) is 157 Å². The SMILES string of the molecule is CC(=O)O[C@@H]1CC23C[C@@]24CC[C@H](O[C@@H]2OC[C@@H](O)[C@H](O)[C@H]2O)C(C)(C)C4CCC3[C@]2(C)C[C@H]3OC4(C[C@@H](C)[C@@H]3[C@@]12C)O[C@H](O)C1(C)OC41. The Morgan fingerprint density at radius 3 is 2.23 bits per heavy atom. The Morgan fingerprint density at radius 1 is 0.833 bits per heavy atom. The molecule has 4 N–H and O–H groups in total. The summed E-state index contributed by atoms with van der Waals surface area (Å²) < 4.78 is 37.9. The molecule has 0 amide bonds. The van der Waals surface area contributed by atoms with Crippen molar-refractivity contribution >= 4 is 5.97 Å². The van der Waals surface area contributed by atoms with Crippen LogP contribution < -0.4 is 0 Å². The predicted octanol–water partition coefficient (Wildman–Crippen LogP) is 3.03. The van der Waals surface area contributed by atoms with E-state index < -0.39 is 42.3 Å². The molecule has 6 unspecified atom stereocenters. The Bertz CT molecular complexity index is 1390. The third kappa shape index (κ3) is 3.74. The monoisotopic (exact) mass is 676 g/mol. The van der Waals surface area contributed by atoms with Crippen LogP contribution in [0.1, 0.15) is 99.8 Å². The number of esters is 1. The summed E-state index contributed by atoms with van der Waals surface area (Å²) in [5.41, 5.74) is -1.23. The largest absolute Gasteiger partial charge is 0.462 e. The van der Waals surface area contributed by atoms with Crippen molar-refractivity contribution in [3.63, 3.8) is 0 Å². The van der Waals surface area contributed by atoms with Crippen LogP contribution in [0.25, 0.3) is 0 Å². The highest BCUT2D eigenvalue weighted by molar-refractivity contribution is 5.66. The average molecular weight is 677 g/mol. The Balaban J connectivity index is 1.03. The van der Waals surface area contributed by atoms with Gasteiger partial charge in [-0.15, -0.1) is 0 Å². The van der Waals surface area contributed by atoms with Crippen LogP contribution in [0.4, 0.5) is 0 Å². The molecule has 4 heterocycles. The first kappa shape index (κ1) is 33.0. The van der Waals surface area contributed by atoms with Crippen molar-refractivity contribution in [3.8, 4) is 0 Å². The highest BCUT2D eigenvalue weighted by Crippen LogP contribution is 2.89. The van der Waals surface area contributed by atoms with Crippen molar-refractivity contribution in [2.45, 2.75) is 167 Å². The minimum Gasteiger partial charge on any atom is -0.462 e. The van der Waals surface area contributed by atoms with Crippen molar-refractivity contribution in [1.82, 2.24) is 0 Å². The normalized spacial score (nSPS) is 63.3. The zero-order valence-electron chi connectivity index (χ0n) is 29.5. The Morgan fingerprint density at radius 2 is 1.56 bits per heavy atom. The van der Waals surface area contributed by atoms with E-state index in [2.05, 4.69) is 34.6 Å². The summed E-state index contributed by atoms with van der Waals surface area (Å²) in [5.74, 6) is 0.0295. The molecule has 9 rings (SSSR count). The number of hydrogen-bond donors (Lipinski definition) is 4. The van der Waals surface area contributed by atoms with Gasteiger partial charge in [-0.25, -0.2) is 0 Å². The first-order chi connectivity index (χ1) is 22.4. The number of aliphatic hydroxyl groups is 4. The molecule has 270 valence electrons. The lowest BCUT2D eigenvalue weighted by molar-refractivity contribution is -0.346. The van der Waals surface area contributed by atoms with Crippen LogP contribution in [0, 0.1) is 50.7 Å². The van der Waals surface area contributed by atoms with E-state index in [1.807, 2.05) is 6.92 Å². The summed E-state index contributed by atoms with van der Waals surface area (Å²) in [6.07, 6.45) is 0.880. The molecule has 4 saturated heterocycles. The second kappa shape index (κ2) is 9.75. The Kier molecular flexibility index (Phi) is 6.70. The van der Waals surface area contributed by atoms with Gasteiger partial charge in [-0.3, -0.25) is 4.79 Å². The van der Waals surface area contributed by atoms with E-state index in [0.717, 1.165) is 44.9 Å². The summed E-state index contributed by atoms with van der Waals surface area (Å²) >= 11 is 0. The second-order valence-corrected chi connectivity index (χ2v) is 18.9. The number of epoxide rings is 1. The Labute approximate surface area is 283 Å². The minimum absolute atomic E-state index is 0.0420. The summed E-state index contributed by atoms with van der Waals surface area (Å²) in [7, 11) is 0. The third-order valence-electron chi connectivity index (χ3n) is 16.8. The lowest BCUT2D eigenvalue weighted by Gasteiger charge is -2.65. The fraction of sp³-hybridized carbons (Fsp3) is 0.973. The van der Waals surface area contributed by atoms with E-state index in [4.69, 9.17) is 28.4 Å². The third-order valence-corrected chi connectivity index (χ3v) is 16.8. The highest BCUT2D eigenvalue weighted by atomic mass is 16.8. The molecule has 11 nitrogen and oxygen atoms in total. The number of fused-ring (bicyclic) bond motifs is 6. The predicted molar refractivity (Wildman–Crippen MR) is 168 cm³/mol. The maximum Gasteiger partial charge on any atom is 0.302 e. The standard InChI is InChI=1S/C37H56O11/c1-17-12-37(29-34(7,47-29)30(42)48-37)46-20-13-32(5)22-9-8-21-31(3,4)23(45-28-27(41)26(40)19(39)15-43-28)10-11-35(21)16-36(22,35)14-24(44-18(2)38)33(32,6)25(17)20/h17,19-30,39-42H,8-16H2,1-7H3/t17-,19-,20-,21?,22?,23+,24-,25+,26+,27-,28+,29?,30+,32+,33-,34?,35-,36?,37?/m1/s1. The van der Waals surface area contributed by atoms with Gasteiger partial charge in [-0.2, -0.15) is 0 Å². The second-order valence-electron chi connectivity index (χ2n) is 18.9. The van der Waals surface area contributed by atoms with Crippen LogP contribution in [-0.2, 0) is 33.2 Å². The van der Waals surface area contributed by atoms with Gasteiger partial charge in [0.05, 0.1) is 18.8 Å². The fourth-order valence-electron chi connectivity index (χ4n) is 14.6. The molecule has 0 aromatic rings. The minimum atomic E-state index is -1.31. The lowest BCUT2D eigenvalue weighted by atomic mass is 9.41. The van der Waals surface area contributed by atoms with Crippen molar-refractivity contribution in [2.24, 2.45) is 50.7 Å². The van der Waals surface area contributed by atoms with E-state index in [0.29, 0.717) is 18.3 Å². The molecule has 0 bridgehead atoms. The number of carbonyl (C=O) groups excluding carboxylic acids is 1. The average Bonchev–Trinajstić information content (AvgIpc) is 3.84. The molecule has 0 aromatic heterocycles. The molecular formula is C37H56O11. The first-order valence-electron chi connectivity index (χ1n) is 18.6. The van der Waals surface area contributed by atoms with Gasteiger partial charge in [0.2, 0.25) is 5.79 Å². The number of carbonyl (C=O) groups is 1. The molecule has 19 atom stereocenters. The molecule has 0 radical (unpaired) electrons. The van der Waals surface area contributed by atoms with Gasteiger partial charge in [0.25, 0.3) is 0 Å². The van der Waals surface area contributed by atoms with Crippen LogP contribution in [-0.4, -0.2) is 99.7 Å². The molecule has 3 spiro atoms. The Hall–Kier alpha value is -0.890. The van der Waals surface area contributed by atoms with Crippen LogP contribution in [0.5, 0.6) is 0 Å². The molecule has 0 aromatic carbocycles. The number of aliphatic hydroxyl groups excluding tert-OH is 4. The van der Waals surface area contributed by atoms with Gasteiger partial charge in [0, 0.05) is 18.8 Å². The summed E-state index contributed by atoms with van der Waals surface area (Å²) in [6.45, 7) is 15.1. The number of ether oxygens (including phenoxy) is 6. The summed E-state index contributed by atoms with van der Waals surface area (Å²) in [6, 6.07) is 0. The molecule has 9 aliphatic rings. The quantitative estimate of drug-likeness (QED) is 0.198. The van der Waals surface area contributed by atoms with Gasteiger partial charge < -0.3 is 48.8 Å². The van der Waals surface area contributed by atoms with Gasteiger partial charge in [0.1, 0.15) is 36.1 Å². The van der Waals surface area contributed by atoms with E-state index in [-0.39, 0.29) is 75.9 Å². The van der Waals surface area contributed by atoms with Gasteiger partial charge in [0.15, 0.2) is 12.6 Å². The van der Waals surface area contributed by atoms with Crippen molar-refractivity contribution in [2.75, 3.05) is 6.61 Å². The van der Waals surface area contributed by atoms with Gasteiger partial charge >= 0.3 is 5.97 Å². The molecule has 5 aliphatic carbocycles. The molecule has 11 heteroatoms. The summed E-state index contributed by atoms with van der Waals surface area (Å²) in [5, 5.41) is 41.7. The van der Waals surface area contributed by atoms with E-state index in [1.54, 1.807) is 6.92 Å².